The Morgan fingerprint density at radius 1 is 0.467 bits per heavy atom. The average molecular weight is 1080 g/mol. The highest BCUT2D eigenvalue weighted by Gasteiger charge is 2.27. The Kier molecular flexibility index (Phi) is 54.2. The van der Waals surface area contributed by atoms with Gasteiger partial charge in [0.2, 0.25) is 5.91 Å². The molecule has 1 amide bonds. The zero-order valence-electron chi connectivity index (χ0n) is 50.5. The number of carbonyl (C=O) groups excluding carboxylic acids is 2. The number of phosphoric acid groups is 1. The molecule has 0 radical (unpaired) electrons. The molecule has 0 heterocycles. The van der Waals surface area contributed by atoms with Gasteiger partial charge in [-0.25, -0.2) is 0 Å². The van der Waals surface area contributed by atoms with Gasteiger partial charge in [-0.2, -0.15) is 0 Å². The van der Waals surface area contributed by atoms with E-state index < -0.39 is 20.0 Å². The summed E-state index contributed by atoms with van der Waals surface area (Å²) in [6.07, 6.45) is 66.7. The quantitative estimate of drug-likeness (QED) is 0.0212. The van der Waals surface area contributed by atoms with Gasteiger partial charge >= 0.3 is 5.97 Å². The fraction of sp³-hybridized carbons (Fsp3) is 0.877. The normalized spacial score (nSPS) is 13.9. The third-order valence-electron chi connectivity index (χ3n) is 14.6. The number of quaternary nitrogens is 1. The third-order valence-corrected chi connectivity index (χ3v) is 15.5. The van der Waals surface area contributed by atoms with Crippen LogP contribution in [-0.2, 0) is 27.9 Å². The molecule has 3 atom stereocenters. The van der Waals surface area contributed by atoms with Gasteiger partial charge in [-0.1, -0.05) is 276 Å². The summed E-state index contributed by atoms with van der Waals surface area (Å²) < 4.78 is 30.4. The summed E-state index contributed by atoms with van der Waals surface area (Å²) in [5, 5.41) is 3.04. The van der Waals surface area contributed by atoms with E-state index in [4.69, 9.17) is 13.8 Å². The number of ether oxygens (including phenoxy) is 1. The van der Waals surface area contributed by atoms with E-state index in [1.54, 1.807) is 0 Å². The van der Waals surface area contributed by atoms with Crippen molar-refractivity contribution in [2.45, 2.75) is 328 Å². The Morgan fingerprint density at radius 2 is 0.813 bits per heavy atom. The number of unbranched alkanes of at least 4 members (excludes halogenated alkanes) is 39. The molecule has 0 aliphatic rings. The summed E-state index contributed by atoms with van der Waals surface area (Å²) >= 11 is 0. The van der Waals surface area contributed by atoms with E-state index in [2.05, 4.69) is 50.4 Å². The molecule has 1 N–H and O–H groups in total. The summed E-state index contributed by atoms with van der Waals surface area (Å²) in [6, 6.07) is -0.886. The van der Waals surface area contributed by atoms with E-state index in [9.17, 15) is 19.0 Å². The molecular formula is C65H125N2O7P. The molecule has 0 aromatic carbocycles. The molecule has 442 valence electrons. The standard InChI is InChI=1S/C65H125N2O7P/c1-7-10-13-16-19-22-25-28-30-32-33-35-37-40-43-46-49-52-55-58-65(69)74-63(56-53-50-47-44-41-38-27-24-21-18-15-12-9-3)62(61-73-75(70,71)72-60-59-67(4,5)6)66-64(68)57-54-51-48-45-42-39-36-34-31-29-26-23-20-17-14-11-8-2/h19,22,28,30,53,56,62-63H,7-18,20-21,23-27,29,31-52,54-55,57-61H2,1-6H3,(H-,66,68,70,71)/b22-19-,30-28-,56-53+. The largest absolute Gasteiger partial charge is 0.756 e. The van der Waals surface area contributed by atoms with Crippen molar-refractivity contribution in [3.05, 3.63) is 36.5 Å². The lowest BCUT2D eigenvalue weighted by Crippen LogP contribution is -2.47. The molecular weight excluding hydrogens is 952 g/mol. The average Bonchev–Trinajstić information content (AvgIpc) is 3.37. The summed E-state index contributed by atoms with van der Waals surface area (Å²) in [4.78, 5) is 40.0. The fourth-order valence-electron chi connectivity index (χ4n) is 9.55. The summed E-state index contributed by atoms with van der Waals surface area (Å²) in [5.41, 5.74) is 0. The van der Waals surface area contributed by atoms with Gasteiger partial charge < -0.3 is 28.5 Å². The van der Waals surface area contributed by atoms with Crippen LogP contribution in [0.15, 0.2) is 36.5 Å². The van der Waals surface area contributed by atoms with Crippen LogP contribution in [0.25, 0.3) is 0 Å². The molecule has 0 rings (SSSR count). The predicted octanol–water partition coefficient (Wildman–Crippen LogP) is 19.3. The van der Waals surface area contributed by atoms with Crippen molar-refractivity contribution in [1.29, 1.82) is 0 Å². The van der Waals surface area contributed by atoms with Gasteiger partial charge in [-0.15, -0.1) is 0 Å². The van der Waals surface area contributed by atoms with E-state index in [0.29, 0.717) is 17.4 Å². The number of carbonyl (C=O) groups is 2. The zero-order valence-corrected chi connectivity index (χ0v) is 51.4. The maximum absolute atomic E-state index is 13.5. The number of hydrogen-bond donors (Lipinski definition) is 1. The molecule has 0 bridgehead atoms. The van der Waals surface area contributed by atoms with Crippen molar-refractivity contribution >= 4 is 19.7 Å². The van der Waals surface area contributed by atoms with Gasteiger partial charge in [0.15, 0.2) is 0 Å². The van der Waals surface area contributed by atoms with Gasteiger partial charge in [0.25, 0.3) is 7.82 Å². The number of allylic oxidation sites excluding steroid dienone is 5. The van der Waals surface area contributed by atoms with Crippen molar-refractivity contribution in [3.63, 3.8) is 0 Å². The highest BCUT2D eigenvalue weighted by Crippen LogP contribution is 2.38. The number of nitrogens with zero attached hydrogens (tertiary/aromatic N) is 1. The van der Waals surface area contributed by atoms with E-state index >= 15 is 0 Å². The van der Waals surface area contributed by atoms with Gasteiger partial charge in [0.1, 0.15) is 19.3 Å². The maximum atomic E-state index is 13.5. The third kappa shape index (κ3) is 56.8. The van der Waals surface area contributed by atoms with E-state index in [0.717, 1.165) is 64.2 Å². The van der Waals surface area contributed by atoms with Gasteiger partial charge in [0.05, 0.1) is 33.8 Å². The first-order valence-electron chi connectivity index (χ1n) is 32.3. The van der Waals surface area contributed by atoms with Gasteiger partial charge in [-0.3, -0.25) is 14.2 Å². The molecule has 0 spiro atoms. The maximum Gasteiger partial charge on any atom is 0.306 e. The topological polar surface area (TPSA) is 114 Å². The number of amides is 1. The van der Waals surface area contributed by atoms with Crippen LogP contribution in [0.5, 0.6) is 0 Å². The first-order valence-corrected chi connectivity index (χ1v) is 33.8. The molecule has 3 unspecified atom stereocenters. The predicted molar refractivity (Wildman–Crippen MR) is 321 cm³/mol. The molecule has 75 heavy (non-hydrogen) atoms. The molecule has 0 aliphatic carbocycles. The Balaban J connectivity index is 5.23. The van der Waals surface area contributed by atoms with Crippen molar-refractivity contribution in [2.24, 2.45) is 0 Å². The molecule has 10 heteroatoms. The van der Waals surface area contributed by atoms with Crippen LogP contribution in [0.1, 0.15) is 316 Å². The SMILES string of the molecule is CCCCC/C=C\C/C=C\CCCCCCCCCCCC(=O)OC(/C=C/CCCCCCCCCCCCC)C(COP(=O)([O-])OCC[N+](C)(C)C)NC(=O)CCCCCCCCCCCCCCCCCCC. The van der Waals surface area contributed by atoms with Crippen LogP contribution in [0.4, 0.5) is 0 Å². The first-order chi connectivity index (χ1) is 36.4. The molecule has 0 saturated carbocycles. The fourth-order valence-corrected chi connectivity index (χ4v) is 10.3. The summed E-state index contributed by atoms with van der Waals surface area (Å²) in [7, 11) is 1.20. The van der Waals surface area contributed by atoms with Crippen molar-refractivity contribution < 1.29 is 37.3 Å². The summed E-state index contributed by atoms with van der Waals surface area (Å²) in [6.45, 7) is 6.86. The van der Waals surface area contributed by atoms with Crippen LogP contribution >= 0.6 is 7.82 Å². The molecule has 0 fully saturated rings. The number of likely N-dealkylation sites (N-methyl/N-ethyl adjacent to an activating group) is 1. The van der Waals surface area contributed by atoms with Crippen LogP contribution in [0, 0.1) is 0 Å². The Morgan fingerprint density at radius 3 is 1.23 bits per heavy atom. The second-order valence-electron chi connectivity index (χ2n) is 23.3. The highest BCUT2D eigenvalue weighted by molar-refractivity contribution is 7.45. The molecule has 0 aromatic heterocycles. The Hall–Kier alpha value is -1.77. The second kappa shape index (κ2) is 55.5. The zero-order chi connectivity index (χ0) is 55.0. The van der Waals surface area contributed by atoms with Crippen molar-refractivity contribution in [3.8, 4) is 0 Å². The molecule has 0 aliphatic heterocycles. The lowest BCUT2D eigenvalue weighted by atomic mass is 10.0. The van der Waals surface area contributed by atoms with Gasteiger partial charge in [0, 0.05) is 12.8 Å². The van der Waals surface area contributed by atoms with Crippen LogP contribution in [0.2, 0.25) is 0 Å². The van der Waals surface area contributed by atoms with Crippen molar-refractivity contribution in [2.75, 3.05) is 40.9 Å². The number of phosphoric ester groups is 1. The minimum Gasteiger partial charge on any atom is -0.756 e. The highest BCUT2D eigenvalue weighted by atomic mass is 31.2. The number of hydrogen-bond acceptors (Lipinski definition) is 7. The lowest BCUT2D eigenvalue weighted by molar-refractivity contribution is -0.870. The van der Waals surface area contributed by atoms with E-state index in [-0.39, 0.29) is 31.5 Å². The molecule has 9 nitrogen and oxygen atoms in total. The van der Waals surface area contributed by atoms with Crippen molar-refractivity contribution in [1.82, 2.24) is 5.32 Å². The Labute approximate surface area is 466 Å². The smallest absolute Gasteiger partial charge is 0.306 e. The van der Waals surface area contributed by atoms with E-state index in [1.807, 2.05) is 33.3 Å². The Bertz CT molecular complexity index is 1380. The number of nitrogens with one attached hydrogen (secondary N) is 1. The molecule has 0 saturated heterocycles. The monoisotopic (exact) mass is 1080 g/mol. The minimum absolute atomic E-state index is 0.0204. The second-order valence-corrected chi connectivity index (χ2v) is 24.7. The lowest BCUT2D eigenvalue weighted by Gasteiger charge is -2.30. The van der Waals surface area contributed by atoms with Crippen LogP contribution in [-0.4, -0.2) is 69.4 Å². The van der Waals surface area contributed by atoms with E-state index in [1.165, 1.54) is 218 Å². The van der Waals surface area contributed by atoms with Crippen LogP contribution < -0.4 is 10.2 Å². The number of esters is 1. The van der Waals surface area contributed by atoms with Gasteiger partial charge in [-0.05, 0) is 63.9 Å². The molecule has 0 aromatic rings. The van der Waals surface area contributed by atoms with Crippen LogP contribution in [0.3, 0.4) is 0 Å². The summed E-state index contributed by atoms with van der Waals surface area (Å²) in [5.74, 6) is -0.530. The number of rotatable bonds is 59. The minimum atomic E-state index is -4.70. The first kappa shape index (κ1) is 73.2.